The van der Waals surface area contributed by atoms with E-state index in [1.165, 1.54) is 0 Å². The first-order valence-electron chi connectivity index (χ1n) is 5.52. The second kappa shape index (κ2) is 4.08. The van der Waals surface area contributed by atoms with Crippen LogP contribution in [0.1, 0.15) is 24.0 Å². The summed E-state index contributed by atoms with van der Waals surface area (Å²) in [4.78, 5) is 24.8. The summed E-state index contributed by atoms with van der Waals surface area (Å²) in [6, 6.07) is 5.90. The Morgan fingerprint density at radius 2 is 1.75 bits per heavy atom. The smallest absolute Gasteiger partial charge is 0.294 e. The molecule has 16 heavy (non-hydrogen) atoms. The number of amides is 1. The number of aryl methyl sites for hydroxylation is 2. The van der Waals surface area contributed by atoms with Crippen molar-refractivity contribution < 1.29 is 9.59 Å². The fourth-order valence-electron chi connectivity index (χ4n) is 2.20. The van der Waals surface area contributed by atoms with Crippen molar-refractivity contribution in [1.82, 2.24) is 0 Å². The average Bonchev–Trinajstić information content (AvgIpc) is 2.24. The van der Waals surface area contributed by atoms with Crippen LogP contribution in [0.5, 0.6) is 0 Å². The lowest BCUT2D eigenvalue weighted by Crippen LogP contribution is -2.42. The lowest BCUT2D eigenvalue weighted by atomic mass is 10.0. The molecule has 1 aromatic rings. The SMILES string of the molecule is Cc1cccc(C)c1N1CCCC(=O)C1=O. The monoisotopic (exact) mass is 217 g/mol. The molecule has 0 N–H and O–H groups in total. The van der Waals surface area contributed by atoms with Crippen molar-refractivity contribution in [2.24, 2.45) is 0 Å². The fraction of sp³-hybridized carbons (Fsp3) is 0.385. The van der Waals surface area contributed by atoms with Crippen molar-refractivity contribution >= 4 is 17.4 Å². The van der Waals surface area contributed by atoms with Gasteiger partial charge in [0.25, 0.3) is 5.91 Å². The molecule has 1 fully saturated rings. The van der Waals surface area contributed by atoms with Gasteiger partial charge in [0.1, 0.15) is 0 Å². The molecule has 3 heteroatoms. The number of para-hydroxylation sites is 1. The van der Waals surface area contributed by atoms with Crippen LogP contribution in [0.25, 0.3) is 0 Å². The van der Waals surface area contributed by atoms with Gasteiger partial charge < -0.3 is 4.90 Å². The van der Waals surface area contributed by atoms with Crippen LogP contribution in [0.2, 0.25) is 0 Å². The molecule has 1 amide bonds. The molecular weight excluding hydrogens is 202 g/mol. The number of ketones is 1. The molecule has 84 valence electrons. The van der Waals surface area contributed by atoms with Gasteiger partial charge >= 0.3 is 0 Å². The molecule has 0 aromatic heterocycles. The van der Waals surface area contributed by atoms with E-state index < -0.39 is 0 Å². The molecule has 1 aromatic carbocycles. The van der Waals surface area contributed by atoms with Gasteiger partial charge in [0, 0.05) is 18.7 Å². The zero-order valence-electron chi connectivity index (χ0n) is 9.62. The average molecular weight is 217 g/mol. The summed E-state index contributed by atoms with van der Waals surface area (Å²) in [5, 5.41) is 0. The van der Waals surface area contributed by atoms with Gasteiger partial charge in [0.05, 0.1) is 0 Å². The number of hydrogen-bond donors (Lipinski definition) is 0. The van der Waals surface area contributed by atoms with Crippen LogP contribution >= 0.6 is 0 Å². The molecule has 1 saturated heterocycles. The summed E-state index contributed by atoms with van der Waals surface area (Å²) in [6.45, 7) is 4.58. The summed E-state index contributed by atoms with van der Waals surface area (Å²) in [7, 11) is 0. The van der Waals surface area contributed by atoms with E-state index in [2.05, 4.69) is 0 Å². The van der Waals surface area contributed by atoms with E-state index >= 15 is 0 Å². The zero-order chi connectivity index (χ0) is 11.7. The fourth-order valence-corrected chi connectivity index (χ4v) is 2.20. The minimum atomic E-state index is -0.358. The van der Waals surface area contributed by atoms with Gasteiger partial charge in [0.2, 0.25) is 5.78 Å². The van der Waals surface area contributed by atoms with Crippen molar-refractivity contribution in [3.63, 3.8) is 0 Å². The van der Waals surface area contributed by atoms with E-state index in [0.717, 1.165) is 23.2 Å². The van der Waals surface area contributed by atoms with E-state index in [1.807, 2.05) is 32.0 Å². The number of benzene rings is 1. The van der Waals surface area contributed by atoms with Gasteiger partial charge in [-0.25, -0.2) is 0 Å². The van der Waals surface area contributed by atoms with Crippen LogP contribution in [-0.4, -0.2) is 18.2 Å². The van der Waals surface area contributed by atoms with Gasteiger partial charge in [-0.2, -0.15) is 0 Å². The topological polar surface area (TPSA) is 37.4 Å². The number of piperidine rings is 1. The van der Waals surface area contributed by atoms with E-state index in [4.69, 9.17) is 0 Å². The Kier molecular flexibility index (Phi) is 2.77. The number of Topliss-reactive ketones (excluding diaryl/α,β-unsaturated/α-hetero) is 1. The third kappa shape index (κ3) is 1.73. The Bertz CT molecular complexity index is 431. The predicted molar refractivity (Wildman–Crippen MR) is 62.5 cm³/mol. The molecule has 0 saturated carbocycles. The summed E-state index contributed by atoms with van der Waals surface area (Å²) in [5.74, 6) is -0.627. The van der Waals surface area contributed by atoms with Gasteiger partial charge in [0.15, 0.2) is 0 Å². The molecule has 0 spiro atoms. The standard InChI is InChI=1S/C13H15NO2/c1-9-5-3-6-10(2)12(9)14-8-4-7-11(15)13(14)16/h3,5-6H,4,7-8H2,1-2H3. The third-order valence-corrected chi connectivity index (χ3v) is 2.98. The minimum absolute atomic E-state index is 0.270. The van der Waals surface area contributed by atoms with Crippen LogP contribution in [0.3, 0.4) is 0 Å². The normalized spacial score (nSPS) is 16.8. The highest BCUT2D eigenvalue weighted by Crippen LogP contribution is 2.27. The maximum atomic E-state index is 11.8. The number of rotatable bonds is 1. The Hall–Kier alpha value is -1.64. The first-order chi connectivity index (χ1) is 7.61. The Labute approximate surface area is 95.1 Å². The molecule has 0 atom stereocenters. The van der Waals surface area contributed by atoms with Crippen LogP contribution in [0.15, 0.2) is 18.2 Å². The highest BCUT2D eigenvalue weighted by atomic mass is 16.2. The Balaban J connectivity index is 2.43. The molecule has 3 nitrogen and oxygen atoms in total. The maximum Gasteiger partial charge on any atom is 0.294 e. The third-order valence-electron chi connectivity index (χ3n) is 2.98. The quantitative estimate of drug-likeness (QED) is 0.675. The number of carbonyl (C=O) groups excluding carboxylic acids is 2. The van der Waals surface area contributed by atoms with E-state index in [0.29, 0.717) is 13.0 Å². The maximum absolute atomic E-state index is 11.8. The number of carbonyl (C=O) groups is 2. The lowest BCUT2D eigenvalue weighted by Gasteiger charge is -2.28. The highest BCUT2D eigenvalue weighted by Gasteiger charge is 2.28. The van der Waals surface area contributed by atoms with Crippen molar-refractivity contribution in [3.05, 3.63) is 29.3 Å². The van der Waals surface area contributed by atoms with Crippen molar-refractivity contribution in [1.29, 1.82) is 0 Å². The van der Waals surface area contributed by atoms with Gasteiger partial charge in [-0.05, 0) is 31.4 Å². The second-order valence-corrected chi connectivity index (χ2v) is 4.22. The van der Waals surface area contributed by atoms with Crippen molar-refractivity contribution in [2.75, 3.05) is 11.4 Å². The molecule has 0 aliphatic carbocycles. The summed E-state index contributed by atoms with van der Waals surface area (Å²) < 4.78 is 0. The van der Waals surface area contributed by atoms with E-state index in [-0.39, 0.29) is 11.7 Å². The first-order valence-corrected chi connectivity index (χ1v) is 5.52. The van der Waals surface area contributed by atoms with Crippen LogP contribution < -0.4 is 4.90 Å². The summed E-state index contributed by atoms with van der Waals surface area (Å²) in [5.41, 5.74) is 2.99. The molecule has 1 heterocycles. The molecule has 2 rings (SSSR count). The largest absolute Gasteiger partial charge is 0.305 e. The zero-order valence-corrected chi connectivity index (χ0v) is 9.62. The van der Waals surface area contributed by atoms with E-state index in [9.17, 15) is 9.59 Å². The predicted octanol–water partition coefficient (Wildman–Crippen LogP) is 2.00. The summed E-state index contributed by atoms with van der Waals surface area (Å²) in [6.07, 6.45) is 1.15. The lowest BCUT2D eigenvalue weighted by molar-refractivity contribution is -0.137. The molecule has 0 radical (unpaired) electrons. The number of nitrogens with zero attached hydrogens (tertiary/aromatic N) is 1. The minimum Gasteiger partial charge on any atom is -0.305 e. The highest BCUT2D eigenvalue weighted by molar-refractivity contribution is 6.42. The molecule has 1 aliphatic rings. The second-order valence-electron chi connectivity index (χ2n) is 4.22. The number of hydrogen-bond acceptors (Lipinski definition) is 2. The van der Waals surface area contributed by atoms with Gasteiger partial charge in [-0.3, -0.25) is 9.59 Å². The molecule has 1 aliphatic heterocycles. The van der Waals surface area contributed by atoms with Crippen LogP contribution in [-0.2, 0) is 9.59 Å². The van der Waals surface area contributed by atoms with Crippen molar-refractivity contribution in [2.45, 2.75) is 26.7 Å². The summed E-state index contributed by atoms with van der Waals surface area (Å²) >= 11 is 0. The Morgan fingerprint density at radius 3 is 2.38 bits per heavy atom. The van der Waals surface area contributed by atoms with Gasteiger partial charge in [-0.1, -0.05) is 18.2 Å². The molecule has 0 unspecified atom stereocenters. The van der Waals surface area contributed by atoms with E-state index in [1.54, 1.807) is 4.90 Å². The van der Waals surface area contributed by atoms with Gasteiger partial charge in [-0.15, -0.1) is 0 Å². The molecule has 0 bridgehead atoms. The number of anilines is 1. The first kappa shape index (κ1) is 10.9. The van der Waals surface area contributed by atoms with Crippen LogP contribution in [0, 0.1) is 13.8 Å². The Morgan fingerprint density at radius 1 is 1.12 bits per heavy atom. The van der Waals surface area contributed by atoms with Crippen LogP contribution in [0.4, 0.5) is 5.69 Å². The molecular formula is C13H15NO2. The van der Waals surface area contributed by atoms with Crippen molar-refractivity contribution in [3.8, 4) is 0 Å².